The summed E-state index contributed by atoms with van der Waals surface area (Å²) in [7, 11) is 0. The monoisotopic (exact) mass is 308 g/mol. The third-order valence-corrected chi connectivity index (χ3v) is 3.92. The maximum atomic E-state index is 6.59. The summed E-state index contributed by atoms with van der Waals surface area (Å²) in [6.45, 7) is 4.66. The van der Waals surface area contributed by atoms with Crippen molar-refractivity contribution in [2.45, 2.75) is 25.6 Å². The van der Waals surface area contributed by atoms with Gasteiger partial charge in [-0.05, 0) is 38.0 Å². The number of aryl methyl sites for hydroxylation is 1. The Balaban J connectivity index is 2.26. The van der Waals surface area contributed by atoms with Crippen molar-refractivity contribution in [3.05, 3.63) is 64.2 Å². The van der Waals surface area contributed by atoms with E-state index in [1.165, 1.54) is 5.56 Å². The fourth-order valence-electron chi connectivity index (χ4n) is 2.17. The highest BCUT2D eigenvalue weighted by Crippen LogP contribution is 2.34. The zero-order valence-electron chi connectivity index (χ0n) is 11.7. The lowest BCUT2D eigenvalue weighted by molar-refractivity contribution is 0.336. The normalized spacial score (nSPS) is 12.2. The fourth-order valence-corrected chi connectivity index (χ4v) is 2.72. The molecule has 0 N–H and O–H groups in total. The van der Waals surface area contributed by atoms with Crippen LogP contribution in [0.1, 0.15) is 29.0 Å². The van der Waals surface area contributed by atoms with E-state index in [1.807, 2.05) is 43.3 Å². The third kappa shape index (κ3) is 3.68. The standard InChI is InChI=1S/C17H18Cl2O/c1-3-20-17-9-8-12(2)10-14(17)16(19)11-13-6-4-5-7-15(13)18/h4-10,16H,3,11H2,1-2H3. The van der Waals surface area contributed by atoms with Gasteiger partial charge in [0.05, 0.1) is 12.0 Å². The van der Waals surface area contributed by atoms with Gasteiger partial charge >= 0.3 is 0 Å². The van der Waals surface area contributed by atoms with Crippen LogP contribution < -0.4 is 4.74 Å². The van der Waals surface area contributed by atoms with E-state index in [9.17, 15) is 0 Å². The molecule has 0 saturated carbocycles. The van der Waals surface area contributed by atoms with Crippen LogP contribution in [0.2, 0.25) is 5.02 Å². The van der Waals surface area contributed by atoms with Crippen LogP contribution in [-0.2, 0) is 6.42 Å². The lowest BCUT2D eigenvalue weighted by Gasteiger charge is -2.16. The van der Waals surface area contributed by atoms with E-state index in [4.69, 9.17) is 27.9 Å². The first-order valence-corrected chi connectivity index (χ1v) is 7.54. The smallest absolute Gasteiger partial charge is 0.123 e. The highest BCUT2D eigenvalue weighted by atomic mass is 35.5. The van der Waals surface area contributed by atoms with Crippen molar-refractivity contribution in [2.75, 3.05) is 6.61 Å². The summed E-state index contributed by atoms with van der Waals surface area (Å²) in [5.41, 5.74) is 3.25. The second-order valence-electron chi connectivity index (χ2n) is 4.74. The van der Waals surface area contributed by atoms with E-state index in [0.717, 1.165) is 21.9 Å². The minimum atomic E-state index is -0.156. The van der Waals surface area contributed by atoms with E-state index in [-0.39, 0.29) is 5.38 Å². The van der Waals surface area contributed by atoms with E-state index in [2.05, 4.69) is 13.0 Å². The number of benzene rings is 2. The molecule has 1 nitrogen and oxygen atoms in total. The maximum Gasteiger partial charge on any atom is 0.123 e. The van der Waals surface area contributed by atoms with Crippen LogP contribution in [-0.4, -0.2) is 6.61 Å². The molecule has 3 heteroatoms. The fraction of sp³-hybridized carbons (Fsp3) is 0.294. The first kappa shape index (κ1) is 15.2. The third-order valence-electron chi connectivity index (χ3n) is 3.16. The van der Waals surface area contributed by atoms with Gasteiger partial charge in [0.1, 0.15) is 5.75 Å². The van der Waals surface area contributed by atoms with Gasteiger partial charge in [-0.3, -0.25) is 0 Å². The van der Waals surface area contributed by atoms with Crippen molar-refractivity contribution >= 4 is 23.2 Å². The van der Waals surface area contributed by atoms with E-state index in [0.29, 0.717) is 13.0 Å². The van der Waals surface area contributed by atoms with Gasteiger partial charge in [-0.25, -0.2) is 0 Å². The van der Waals surface area contributed by atoms with E-state index >= 15 is 0 Å². The summed E-state index contributed by atoms with van der Waals surface area (Å²) in [6, 6.07) is 13.9. The van der Waals surface area contributed by atoms with Crippen LogP contribution in [0.5, 0.6) is 5.75 Å². The van der Waals surface area contributed by atoms with E-state index in [1.54, 1.807) is 0 Å². The van der Waals surface area contributed by atoms with Gasteiger partial charge in [0.25, 0.3) is 0 Å². The number of hydrogen-bond donors (Lipinski definition) is 0. The molecule has 20 heavy (non-hydrogen) atoms. The Bertz CT molecular complexity index is 581. The number of ether oxygens (including phenoxy) is 1. The van der Waals surface area contributed by atoms with Crippen LogP contribution in [0.15, 0.2) is 42.5 Å². The number of alkyl halides is 1. The molecule has 0 aromatic heterocycles. The van der Waals surface area contributed by atoms with Crippen molar-refractivity contribution in [1.82, 2.24) is 0 Å². The Hall–Kier alpha value is -1.18. The maximum absolute atomic E-state index is 6.59. The first-order valence-electron chi connectivity index (χ1n) is 6.72. The minimum absolute atomic E-state index is 0.156. The van der Waals surface area contributed by atoms with Crippen LogP contribution in [0.3, 0.4) is 0 Å². The molecule has 2 aromatic rings. The Kier molecular flexibility index (Phi) is 5.33. The molecule has 0 heterocycles. The molecule has 0 aliphatic rings. The molecular weight excluding hydrogens is 291 g/mol. The molecule has 1 unspecified atom stereocenters. The zero-order valence-corrected chi connectivity index (χ0v) is 13.2. The molecular formula is C17H18Cl2O. The molecule has 106 valence electrons. The SMILES string of the molecule is CCOc1ccc(C)cc1C(Cl)Cc1ccccc1Cl. The highest BCUT2D eigenvalue weighted by molar-refractivity contribution is 6.31. The molecule has 0 amide bonds. The minimum Gasteiger partial charge on any atom is -0.494 e. The Labute approximate surface area is 130 Å². The molecule has 0 fully saturated rings. The second kappa shape index (κ2) is 7.01. The second-order valence-corrected chi connectivity index (χ2v) is 5.67. The molecule has 2 rings (SSSR count). The quantitative estimate of drug-likeness (QED) is 0.656. The first-order chi connectivity index (χ1) is 9.61. The van der Waals surface area contributed by atoms with Crippen LogP contribution in [0.25, 0.3) is 0 Å². The molecule has 0 bridgehead atoms. The summed E-state index contributed by atoms with van der Waals surface area (Å²) in [5, 5.41) is 0.597. The van der Waals surface area contributed by atoms with E-state index < -0.39 is 0 Å². The molecule has 1 atom stereocenters. The van der Waals surface area contributed by atoms with Gasteiger partial charge in [0.15, 0.2) is 0 Å². The van der Waals surface area contributed by atoms with Gasteiger partial charge in [-0.2, -0.15) is 0 Å². The summed E-state index contributed by atoms with van der Waals surface area (Å²) in [5.74, 6) is 0.852. The van der Waals surface area contributed by atoms with Gasteiger partial charge < -0.3 is 4.74 Å². The summed E-state index contributed by atoms with van der Waals surface area (Å²) >= 11 is 12.8. The lowest BCUT2D eigenvalue weighted by atomic mass is 10.0. The topological polar surface area (TPSA) is 9.23 Å². The molecule has 2 aromatic carbocycles. The van der Waals surface area contributed by atoms with Crippen molar-refractivity contribution in [3.8, 4) is 5.75 Å². The zero-order chi connectivity index (χ0) is 14.5. The molecule has 0 aliphatic heterocycles. The average molecular weight is 309 g/mol. The van der Waals surface area contributed by atoms with Gasteiger partial charge in [0.2, 0.25) is 0 Å². The number of hydrogen-bond acceptors (Lipinski definition) is 1. The number of rotatable bonds is 5. The Morgan fingerprint density at radius 3 is 2.60 bits per heavy atom. The van der Waals surface area contributed by atoms with Gasteiger partial charge in [-0.15, -0.1) is 11.6 Å². The lowest BCUT2D eigenvalue weighted by Crippen LogP contribution is -2.02. The van der Waals surface area contributed by atoms with Crippen molar-refractivity contribution in [1.29, 1.82) is 0 Å². The largest absolute Gasteiger partial charge is 0.494 e. The Morgan fingerprint density at radius 2 is 1.90 bits per heavy atom. The molecule has 0 spiro atoms. The van der Waals surface area contributed by atoms with Crippen molar-refractivity contribution in [2.24, 2.45) is 0 Å². The summed E-state index contributed by atoms with van der Waals surface area (Å²) in [4.78, 5) is 0. The van der Waals surface area contributed by atoms with Crippen LogP contribution in [0, 0.1) is 6.92 Å². The molecule has 0 aliphatic carbocycles. The predicted molar refractivity (Wildman–Crippen MR) is 86.1 cm³/mol. The van der Waals surface area contributed by atoms with Gasteiger partial charge in [0, 0.05) is 10.6 Å². The van der Waals surface area contributed by atoms with Crippen molar-refractivity contribution < 1.29 is 4.74 Å². The van der Waals surface area contributed by atoms with Crippen LogP contribution in [0.4, 0.5) is 0 Å². The predicted octanol–water partition coefficient (Wildman–Crippen LogP) is 5.57. The average Bonchev–Trinajstić information content (AvgIpc) is 2.43. The van der Waals surface area contributed by atoms with Crippen molar-refractivity contribution in [3.63, 3.8) is 0 Å². The molecule has 0 radical (unpaired) electrons. The van der Waals surface area contributed by atoms with Crippen LogP contribution >= 0.6 is 23.2 Å². The van der Waals surface area contributed by atoms with Gasteiger partial charge in [-0.1, -0.05) is 47.5 Å². The summed E-state index contributed by atoms with van der Waals surface area (Å²) in [6.07, 6.45) is 0.685. The number of halogens is 2. The molecule has 0 saturated heterocycles. The summed E-state index contributed by atoms with van der Waals surface area (Å²) < 4.78 is 5.66. The highest BCUT2D eigenvalue weighted by Gasteiger charge is 2.16. The Morgan fingerprint density at radius 1 is 1.15 bits per heavy atom.